The largest absolute Gasteiger partial charge is 0.289 e. The zero-order valence-corrected chi connectivity index (χ0v) is 14.1. The van der Waals surface area contributed by atoms with E-state index in [1.165, 1.54) is 0 Å². The van der Waals surface area contributed by atoms with E-state index in [-0.39, 0.29) is 5.78 Å². The van der Waals surface area contributed by atoms with Crippen molar-refractivity contribution in [1.82, 2.24) is 0 Å². The van der Waals surface area contributed by atoms with Crippen LogP contribution in [0.5, 0.6) is 0 Å². The molecule has 5 rings (SSSR count). The zero-order chi connectivity index (χ0) is 17.5. The molecule has 0 bridgehead atoms. The summed E-state index contributed by atoms with van der Waals surface area (Å²) in [6.45, 7) is 0. The van der Waals surface area contributed by atoms with Crippen molar-refractivity contribution in [2.75, 3.05) is 0 Å². The standard InChI is InChI=1S/C25H16O/c26-25-23(19-13-5-6-14-19)21(17-9-1-2-10-17)22(18-11-3-4-12-18)24(25)20-15-7-8-16-20/h1-16H. The number of hydrogen-bond acceptors (Lipinski definition) is 1. The topological polar surface area (TPSA) is 17.1 Å². The zero-order valence-electron chi connectivity index (χ0n) is 14.1. The Balaban J connectivity index is 1.62. The van der Waals surface area contributed by atoms with Crippen molar-refractivity contribution in [3.8, 4) is 0 Å². The molecule has 0 heterocycles. The van der Waals surface area contributed by atoms with Crippen molar-refractivity contribution in [2.45, 2.75) is 0 Å². The first-order chi connectivity index (χ1) is 12.8. The van der Waals surface area contributed by atoms with Gasteiger partial charge in [-0.25, -0.2) is 0 Å². The highest BCUT2D eigenvalue weighted by molar-refractivity contribution is 6.20. The molecular weight excluding hydrogens is 316 g/mol. The molecule has 0 saturated heterocycles. The summed E-state index contributed by atoms with van der Waals surface area (Å²) in [5.74, 6) is 4.25. The van der Waals surface area contributed by atoms with Crippen LogP contribution in [0.3, 0.4) is 0 Å². The van der Waals surface area contributed by atoms with Crippen molar-refractivity contribution in [3.63, 3.8) is 0 Å². The fraction of sp³-hybridized carbons (Fsp3) is 0. The number of ketones is 1. The fourth-order valence-corrected chi connectivity index (χ4v) is 3.89. The number of allylic oxidation sites excluding steroid dienone is 4. The smallest absolute Gasteiger partial charge is 0.186 e. The fourth-order valence-electron chi connectivity index (χ4n) is 3.89. The Morgan fingerprint density at radius 2 is 0.577 bits per heavy atom. The van der Waals surface area contributed by atoms with Gasteiger partial charge in [0.15, 0.2) is 5.78 Å². The van der Waals surface area contributed by atoms with Crippen molar-refractivity contribution >= 4 is 5.78 Å². The van der Waals surface area contributed by atoms with Crippen LogP contribution in [0.1, 0.15) is 0 Å². The lowest BCUT2D eigenvalue weighted by Crippen LogP contribution is -2.14. The molecule has 0 aromatic rings. The molecule has 4 fully saturated rings. The molecule has 1 nitrogen and oxygen atoms in total. The van der Waals surface area contributed by atoms with Gasteiger partial charge in [0.2, 0.25) is 0 Å². The Bertz CT molecular complexity index is 559. The first-order valence-electron chi connectivity index (χ1n) is 8.76. The summed E-state index contributed by atoms with van der Waals surface area (Å²) in [5, 5.41) is 0. The Labute approximate surface area is 159 Å². The molecule has 0 aliphatic heterocycles. The second-order valence-electron chi connectivity index (χ2n) is 6.52. The van der Waals surface area contributed by atoms with Gasteiger partial charge in [0, 0.05) is 34.8 Å². The van der Waals surface area contributed by atoms with Crippen LogP contribution in [-0.2, 0) is 4.79 Å². The van der Waals surface area contributed by atoms with Crippen molar-refractivity contribution in [1.29, 1.82) is 0 Å². The normalized spacial score (nSPS) is 30.1. The summed E-state index contributed by atoms with van der Waals surface area (Å²) in [5.41, 5.74) is 3.67. The van der Waals surface area contributed by atoms with E-state index < -0.39 is 0 Å². The van der Waals surface area contributed by atoms with Crippen molar-refractivity contribution < 1.29 is 4.79 Å². The van der Waals surface area contributed by atoms with E-state index in [1.54, 1.807) is 0 Å². The number of rotatable bonds is 4. The maximum Gasteiger partial charge on any atom is 0.186 e. The minimum Gasteiger partial charge on any atom is -0.289 e. The van der Waals surface area contributed by atoms with Gasteiger partial charge in [0.1, 0.15) is 0 Å². The molecule has 0 spiro atoms. The monoisotopic (exact) mass is 332 g/mol. The van der Waals surface area contributed by atoms with E-state index in [0.29, 0.717) is 0 Å². The molecule has 4 saturated carbocycles. The molecule has 5 aliphatic rings. The van der Waals surface area contributed by atoms with Gasteiger partial charge in [-0.05, 0) is 114 Å². The second kappa shape index (κ2) is 7.28. The second-order valence-corrected chi connectivity index (χ2v) is 6.52. The van der Waals surface area contributed by atoms with Gasteiger partial charge < -0.3 is 0 Å². The summed E-state index contributed by atoms with van der Waals surface area (Å²) in [6.07, 6.45) is 32.5. The Morgan fingerprint density at radius 3 is 0.846 bits per heavy atom. The molecular formula is C25H16O. The molecule has 5 aliphatic carbocycles. The van der Waals surface area contributed by atoms with Crippen LogP contribution in [0.4, 0.5) is 0 Å². The first-order valence-corrected chi connectivity index (χ1v) is 8.76. The third-order valence-electron chi connectivity index (χ3n) is 5.01. The molecule has 1 heteroatoms. The number of Topliss-reactive ketones (excluding diaryl/α,β-unsaturated/α-hetero) is 1. The number of carbonyl (C=O) groups is 1. The summed E-state index contributed by atoms with van der Waals surface area (Å²) < 4.78 is 0. The van der Waals surface area contributed by atoms with Gasteiger partial charge >= 0.3 is 0 Å². The summed E-state index contributed by atoms with van der Waals surface area (Å²) in [6, 6.07) is 0. The van der Waals surface area contributed by atoms with E-state index in [0.717, 1.165) is 46.0 Å². The number of carbonyl (C=O) groups excluding carboxylic acids is 1. The molecule has 0 unspecified atom stereocenters. The molecule has 0 atom stereocenters. The minimum atomic E-state index is 0.106. The van der Waals surface area contributed by atoms with E-state index >= 15 is 0 Å². The third-order valence-corrected chi connectivity index (χ3v) is 5.01. The lowest BCUT2D eigenvalue weighted by atomic mass is 9.79. The van der Waals surface area contributed by atoms with E-state index in [1.807, 2.05) is 77.0 Å². The van der Waals surface area contributed by atoms with Gasteiger partial charge in [0.05, 0.1) is 0 Å². The Hall–Kier alpha value is -0.850. The molecule has 0 aromatic heterocycles. The van der Waals surface area contributed by atoms with Crippen LogP contribution in [0.2, 0.25) is 0 Å². The highest BCUT2D eigenvalue weighted by Gasteiger charge is 2.46. The summed E-state index contributed by atoms with van der Waals surface area (Å²) >= 11 is 0. The van der Waals surface area contributed by atoms with Crippen molar-refractivity contribution in [2.24, 2.45) is 0 Å². The SMILES string of the molecule is O=C1C([C]2[CH][CH][CH][CH]2)=C([C]2[CH][CH][CH][CH]2)C([C]2[CH][CH][CH][CH]2)=C1[C]1[CH][CH][CH][CH]1. The van der Waals surface area contributed by atoms with Crippen LogP contribution >= 0.6 is 0 Å². The predicted octanol–water partition coefficient (Wildman–Crippen LogP) is 3.78. The molecule has 122 valence electrons. The maximum atomic E-state index is 13.6. The average Bonchev–Trinajstić information content (AvgIpc) is 3.44. The van der Waals surface area contributed by atoms with E-state index in [4.69, 9.17) is 0 Å². The highest BCUT2D eigenvalue weighted by atomic mass is 16.1. The van der Waals surface area contributed by atoms with Gasteiger partial charge in [-0.15, -0.1) is 0 Å². The molecule has 0 amide bonds. The van der Waals surface area contributed by atoms with Gasteiger partial charge in [-0.1, -0.05) is 0 Å². The van der Waals surface area contributed by atoms with Crippen molar-refractivity contribution in [3.05, 3.63) is 149 Å². The third kappa shape index (κ3) is 2.85. The van der Waals surface area contributed by atoms with Crippen LogP contribution < -0.4 is 0 Å². The van der Waals surface area contributed by atoms with E-state index in [9.17, 15) is 4.79 Å². The first kappa shape index (κ1) is 17.3. The van der Waals surface area contributed by atoms with Crippen LogP contribution in [0.15, 0.2) is 22.3 Å². The predicted molar refractivity (Wildman–Crippen MR) is 101 cm³/mol. The maximum absolute atomic E-state index is 13.6. The molecule has 0 N–H and O–H groups in total. The minimum absolute atomic E-state index is 0.106. The summed E-state index contributed by atoms with van der Waals surface area (Å²) in [4.78, 5) is 13.6. The Kier molecular flexibility index (Phi) is 4.84. The van der Waals surface area contributed by atoms with Crippen LogP contribution in [0.25, 0.3) is 0 Å². The lowest BCUT2D eigenvalue weighted by Gasteiger charge is -2.23. The molecule has 20 radical (unpaired) electrons. The average molecular weight is 332 g/mol. The highest BCUT2D eigenvalue weighted by Crippen LogP contribution is 2.54. The number of hydrogen-bond donors (Lipinski definition) is 0. The van der Waals surface area contributed by atoms with Gasteiger partial charge in [0.25, 0.3) is 0 Å². The van der Waals surface area contributed by atoms with E-state index in [2.05, 4.69) is 25.7 Å². The Morgan fingerprint density at radius 1 is 0.346 bits per heavy atom. The van der Waals surface area contributed by atoms with Gasteiger partial charge in [-0.2, -0.15) is 0 Å². The van der Waals surface area contributed by atoms with Crippen LogP contribution in [-0.4, -0.2) is 5.78 Å². The molecule has 0 aromatic carbocycles. The van der Waals surface area contributed by atoms with Gasteiger partial charge in [-0.3, -0.25) is 4.79 Å². The van der Waals surface area contributed by atoms with Crippen LogP contribution in [0, 0.1) is 126 Å². The summed E-state index contributed by atoms with van der Waals surface area (Å²) in [7, 11) is 0. The molecule has 26 heavy (non-hydrogen) atoms. The quantitative estimate of drug-likeness (QED) is 0.766. The lowest BCUT2D eigenvalue weighted by molar-refractivity contribution is -0.111.